The number of rotatable bonds is 5. The highest BCUT2D eigenvalue weighted by atomic mass is 15.0. The molecule has 2 aromatic rings. The van der Waals surface area contributed by atoms with E-state index in [1.165, 1.54) is 11.1 Å². The third-order valence-electron chi connectivity index (χ3n) is 3.08. The van der Waals surface area contributed by atoms with Crippen LogP contribution in [0.4, 0.5) is 11.5 Å². The third kappa shape index (κ3) is 3.76. The predicted molar refractivity (Wildman–Crippen MR) is 78.9 cm³/mol. The molecule has 1 aromatic heterocycles. The third-order valence-corrected chi connectivity index (χ3v) is 3.08. The summed E-state index contributed by atoms with van der Waals surface area (Å²) >= 11 is 0. The molecule has 0 atom stereocenters. The van der Waals surface area contributed by atoms with Crippen molar-refractivity contribution < 1.29 is 0 Å². The van der Waals surface area contributed by atoms with Crippen molar-refractivity contribution in [2.75, 3.05) is 18.9 Å². The van der Waals surface area contributed by atoms with Crippen molar-refractivity contribution in [1.82, 2.24) is 15.3 Å². The lowest BCUT2D eigenvalue weighted by atomic mass is 10.1. The summed E-state index contributed by atoms with van der Waals surface area (Å²) in [6.07, 6.45) is 2.63. The molecule has 0 aliphatic heterocycles. The number of aromatic nitrogens is 2. The first kappa shape index (κ1) is 13.5. The van der Waals surface area contributed by atoms with Gasteiger partial charge in [0.2, 0.25) is 0 Å². The zero-order valence-electron chi connectivity index (χ0n) is 11.7. The first-order chi connectivity index (χ1) is 9.19. The van der Waals surface area contributed by atoms with Crippen LogP contribution in [0.5, 0.6) is 0 Å². The van der Waals surface area contributed by atoms with Gasteiger partial charge in [0.25, 0.3) is 0 Å². The molecule has 2 N–H and O–H groups in total. The molecule has 0 aliphatic rings. The lowest BCUT2D eigenvalue weighted by Crippen LogP contribution is -2.12. The van der Waals surface area contributed by atoms with Gasteiger partial charge in [-0.3, -0.25) is 0 Å². The second-order valence-corrected chi connectivity index (χ2v) is 4.64. The fraction of sp³-hybridized carbons (Fsp3) is 0.333. The van der Waals surface area contributed by atoms with E-state index < -0.39 is 0 Å². The van der Waals surface area contributed by atoms with E-state index in [1.807, 2.05) is 13.1 Å². The van der Waals surface area contributed by atoms with Crippen molar-refractivity contribution in [3.05, 3.63) is 47.4 Å². The first-order valence-corrected chi connectivity index (χ1v) is 6.50. The molecule has 4 heteroatoms. The highest BCUT2D eigenvalue weighted by Gasteiger charge is 2.01. The number of hydrogen-bond donors (Lipinski definition) is 2. The van der Waals surface area contributed by atoms with Crippen molar-refractivity contribution in [2.24, 2.45) is 0 Å². The standard InChI is InChI=1S/C15H20N4/c1-11-4-5-13(10-12(11)2)18-15-7-9-17-14(19-15)6-8-16-3/h4-5,7,9-10,16H,6,8H2,1-3H3,(H,17,18,19). The summed E-state index contributed by atoms with van der Waals surface area (Å²) in [5, 5.41) is 6.42. The Labute approximate surface area is 114 Å². The molecule has 0 fully saturated rings. The molecule has 0 saturated heterocycles. The molecule has 0 unspecified atom stereocenters. The van der Waals surface area contributed by atoms with Crippen LogP contribution in [0.15, 0.2) is 30.5 Å². The average Bonchev–Trinajstić information content (AvgIpc) is 2.41. The molecule has 0 amide bonds. The molecule has 4 nitrogen and oxygen atoms in total. The normalized spacial score (nSPS) is 10.5. The van der Waals surface area contributed by atoms with Gasteiger partial charge in [0, 0.05) is 24.8 Å². The van der Waals surface area contributed by atoms with Crippen LogP contribution in [0.25, 0.3) is 0 Å². The fourth-order valence-electron chi connectivity index (χ4n) is 1.79. The van der Waals surface area contributed by atoms with Crippen molar-refractivity contribution in [2.45, 2.75) is 20.3 Å². The van der Waals surface area contributed by atoms with Gasteiger partial charge in [0.1, 0.15) is 11.6 Å². The summed E-state index contributed by atoms with van der Waals surface area (Å²) in [4.78, 5) is 8.75. The number of benzene rings is 1. The van der Waals surface area contributed by atoms with E-state index in [2.05, 4.69) is 52.6 Å². The highest BCUT2D eigenvalue weighted by molar-refractivity contribution is 5.57. The van der Waals surface area contributed by atoms with E-state index in [0.717, 1.165) is 30.3 Å². The number of nitrogens with one attached hydrogen (secondary N) is 2. The van der Waals surface area contributed by atoms with Crippen molar-refractivity contribution in [3.8, 4) is 0 Å². The van der Waals surface area contributed by atoms with E-state index >= 15 is 0 Å². The van der Waals surface area contributed by atoms with Crippen molar-refractivity contribution >= 4 is 11.5 Å². The molecule has 0 spiro atoms. The van der Waals surface area contributed by atoms with E-state index in [0.29, 0.717) is 0 Å². The maximum Gasteiger partial charge on any atom is 0.134 e. The highest BCUT2D eigenvalue weighted by Crippen LogP contribution is 2.18. The van der Waals surface area contributed by atoms with Crippen molar-refractivity contribution in [3.63, 3.8) is 0 Å². The maximum atomic E-state index is 4.50. The van der Waals surface area contributed by atoms with Crippen LogP contribution in [0.2, 0.25) is 0 Å². The summed E-state index contributed by atoms with van der Waals surface area (Å²) < 4.78 is 0. The van der Waals surface area contributed by atoms with Gasteiger partial charge in [-0.2, -0.15) is 0 Å². The van der Waals surface area contributed by atoms with Gasteiger partial charge in [-0.05, 0) is 50.2 Å². The minimum atomic E-state index is 0.832. The molecule has 0 bridgehead atoms. The van der Waals surface area contributed by atoms with Gasteiger partial charge in [-0.25, -0.2) is 9.97 Å². The van der Waals surface area contributed by atoms with E-state index in [4.69, 9.17) is 0 Å². The number of hydrogen-bond acceptors (Lipinski definition) is 4. The smallest absolute Gasteiger partial charge is 0.134 e. The molecule has 0 radical (unpaired) electrons. The second kappa shape index (κ2) is 6.29. The summed E-state index contributed by atoms with van der Waals surface area (Å²) in [5.41, 5.74) is 3.62. The Kier molecular flexibility index (Phi) is 4.47. The van der Waals surface area contributed by atoms with Crippen molar-refractivity contribution in [1.29, 1.82) is 0 Å². The van der Waals surface area contributed by atoms with Crippen LogP contribution in [-0.2, 0) is 6.42 Å². The molecule has 1 aromatic carbocycles. The number of aryl methyl sites for hydroxylation is 2. The Balaban J connectivity index is 2.11. The lowest BCUT2D eigenvalue weighted by Gasteiger charge is -2.09. The molecular weight excluding hydrogens is 236 g/mol. The molecular formula is C15H20N4. The Morgan fingerprint density at radius 1 is 1.11 bits per heavy atom. The predicted octanol–water partition coefficient (Wildman–Crippen LogP) is 2.60. The lowest BCUT2D eigenvalue weighted by molar-refractivity contribution is 0.756. The zero-order valence-corrected chi connectivity index (χ0v) is 11.7. The summed E-state index contributed by atoms with van der Waals surface area (Å²) in [6, 6.07) is 8.20. The molecule has 0 aliphatic carbocycles. The quantitative estimate of drug-likeness (QED) is 0.863. The minimum Gasteiger partial charge on any atom is -0.340 e. The minimum absolute atomic E-state index is 0.832. The second-order valence-electron chi connectivity index (χ2n) is 4.64. The van der Waals surface area contributed by atoms with Crippen LogP contribution in [0, 0.1) is 13.8 Å². The Hall–Kier alpha value is -1.94. The largest absolute Gasteiger partial charge is 0.340 e. The summed E-state index contributed by atoms with van der Waals surface area (Å²) in [5.74, 6) is 1.69. The fourth-order valence-corrected chi connectivity index (χ4v) is 1.79. The van der Waals surface area contributed by atoms with Gasteiger partial charge in [0.15, 0.2) is 0 Å². The first-order valence-electron chi connectivity index (χ1n) is 6.50. The van der Waals surface area contributed by atoms with Crippen LogP contribution >= 0.6 is 0 Å². The van der Waals surface area contributed by atoms with Crippen LogP contribution in [0.3, 0.4) is 0 Å². The number of likely N-dealkylation sites (N-methyl/N-ethyl adjacent to an activating group) is 1. The maximum absolute atomic E-state index is 4.50. The number of anilines is 2. The molecule has 100 valence electrons. The number of nitrogens with zero attached hydrogens (tertiary/aromatic N) is 2. The Morgan fingerprint density at radius 3 is 2.68 bits per heavy atom. The molecule has 0 saturated carbocycles. The Bertz CT molecular complexity index is 552. The van der Waals surface area contributed by atoms with Gasteiger partial charge < -0.3 is 10.6 Å². The van der Waals surface area contributed by atoms with E-state index in [9.17, 15) is 0 Å². The van der Waals surface area contributed by atoms with E-state index in [-0.39, 0.29) is 0 Å². The SMILES string of the molecule is CNCCc1nccc(Nc2ccc(C)c(C)c2)n1. The molecule has 2 rings (SSSR count). The van der Waals surface area contributed by atoms with Gasteiger partial charge in [0.05, 0.1) is 0 Å². The van der Waals surface area contributed by atoms with Crippen LogP contribution in [0.1, 0.15) is 17.0 Å². The summed E-state index contributed by atoms with van der Waals surface area (Å²) in [6.45, 7) is 5.10. The average molecular weight is 256 g/mol. The summed E-state index contributed by atoms with van der Waals surface area (Å²) in [7, 11) is 1.93. The van der Waals surface area contributed by atoms with Gasteiger partial charge >= 0.3 is 0 Å². The van der Waals surface area contributed by atoms with Gasteiger partial charge in [-0.15, -0.1) is 0 Å². The van der Waals surface area contributed by atoms with Crippen LogP contribution in [-0.4, -0.2) is 23.6 Å². The van der Waals surface area contributed by atoms with E-state index in [1.54, 1.807) is 6.20 Å². The monoisotopic (exact) mass is 256 g/mol. The van der Waals surface area contributed by atoms with Gasteiger partial charge in [-0.1, -0.05) is 6.07 Å². The zero-order chi connectivity index (χ0) is 13.7. The van der Waals surface area contributed by atoms with Crippen LogP contribution < -0.4 is 10.6 Å². The molecule has 19 heavy (non-hydrogen) atoms. The molecule has 1 heterocycles. The Morgan fingerprint density at radius 2 is 1.95 bits per heavy atom. The topological polar surface area (TPSA) is 49.8 Å².